The molecule has 7 nitrogen and oxygen atoms in total. The van der Waals surface area contributed by atoms with Gasteiger partial charge in [0.2, 0.25) is 11.8 Å². The van der Waals surface area contributed by atoms with Crippen LogP contribution in [0.5, 0.6) is 5.75 Å². The van der Waals surface area contributed by atoms with Crippen LogP contribution in [0, 0.1) is 5.92 Å². The van der Waals surface area contributed by atoms with E-state index < -0.39 is 0 Å². The highest BCUT2D eigenvalue weighted by atomic mass is 16.5. The maximum atomic E-state index is 13.0. The molecule has 1 atom stereocenters. The minimum atomic E-state index is -0.244. The first-order chi connectivity index (χ1) is 14.1. The van der Waals surface area contributed by atoms with Crippen LogP contribution >= 0.6 is 0 Å². The fraction of sp³-hybridized carbons (Fsp3) is 0.409. The Morgan fingerprint density at radius 3 is 2.55 bits per heavy atom. The third kappa shape index (κ3) is 4.34. The number of amides is 2. The molecule has 1 unspecified atom stereocenters. The monoisotopic (exact) mass is 394 g/mol. The molecule has 0 aliphatic carbocycles. The molecule has 2 aromatic rings. The molecule has 2 saturated heterocycles. The predicted molar refractivity (Wildman–Crippen MR) is 110 cm³/mol. The van der Waals surface area contributed by atoms with Crippen LogP contribution in [0.15, 0.2) is 48.8 Å². The van der Waals surface area contributed by atoms with Crippen LogP contribution < -0.4 is 9.64 Å². The van der Waals surface area contributed by atoms with Crippen LogP contribution in [0.4, 0.5) is 5.69 Å². The van der Waals surface area contributed by atoms with Crippen LogP contribution in [0.25, 0.3) is 0 Å². The number of hydrogen-bond donors (Lipinski definition) is 0. The van der Waals surface area contributed by atoms with Gasteiger partial charge in [-0.3, -0.25) is 14.6 Å². The summed E-state index contributed by atoms with van der Waals surface area (Å²) in [7, 11) is 1.66. The normalized spacial score (nSPS) is 19.6. The van der Waals surface area contributed by atoms with Crippen LogP contribution in [0.1, 0.15) is 12.0 Å². The zero-order valence-electron chi connectivity index (χ0n) is 16.7. The molecule has 3 heterocycles. The first-order valence-electron chi connectivity index (χ1n) is 9.98. The van der Waals surface area contributed by atoms with Gasteiger partial charge < -0.3 is 19.4 Å². The summed E-state index contributed by atoms with van der Waals surface area (Å²) in [5, 5.41) is 0. The third-order valence-corrected chi connectivity index (χ3v) is 5.69. The highest BCUT2D eigenvalue weighted by Gasteiger charge is 2.37. The van der Waals surface area contributed by atoms with Gasteiger partial charge in [0.1, 0.15) is 5.75 Å². The van der Waals surface area contributed by atoms with E-state index in [0.717, 1.165) is 30.1 Å². The number of benzene rings is 1. The Hall–Kier alpha value is -3.09. The SMILES string of the molecule is COc1ccc(N2CCN(C(=O)C3CC(=O)N(Cc4cccnc4)C3)CC2)cc1. The molecule has 1 aromatic heterocycles. The number of anilines is 1. The molecule has 0 spiro atoms. The number of rotatable bonds is 5. The fourth-order valence-corrected chi connectivity index (χ4v) is 4.04. The molecule has 152 valence electrons. The third-order valence-electron chi connectivity index (χ3n) is 5.69. The Bertz CT molecular complexity index is 848. The molecule has 2 amide bonds. The Balaban J connectivity index is 1.31. The van der Waals surface area contributed by atoms with E-state index in [-0.39, 0.29) is 17.7 Å². The van der Waals surface area contributed by atoms with E-state index in [1.165, 1.54) is 0 Å². The molecule has 0 N–H and O–H groups in total. The second-order valence-electron chi connectivity index (χ2n) is 7.55. The van der Waals surface area contributed by atoms with Crippen molar-refractivity contribution in [2.24, 2.45) is 5.92 Å². The summed E-state index contributed by atoms with van der Waals surface area (Å²) in [5.41, 5.74) is 2.12. The first-order valence-corrected chi connectivity index (χ1v) is 9.98. The molecule has 0 saturated carbocycles. The number of nitrogens with zero attached hydrogens (tertiary/aromatic N) is 4. The van der Waals surface area contributed by atoms with E-state index in [1.54, 1.807) is 24.4 Å². The Labute approximate surface area is 170 Å². The molecular weight excluding hydrogens is 368 g/mol. The van der Waals surface area contributed by atoms with Crippen molar-refractivity contribution in [1.29, 1.82) is 0 Å². The maximum Gasteiger partial charge on any atom is 0.228 e. The van der Waals surface area contributed by atoms with Crippen LogP contribution in [-0.4, -0.2) is 66.4 Å². The summed E-state index contributed by atoms with van der Waals surface area (Å²) in [5.74, 6) is 0.737. The molecule has 2 fully saturated rings. The number of methoxy groups -OCH3 is 1. The number of carbonyl (C=O) groups excluding carboxylic acids is 2. The average molecular weight is 394 g/mol. The number of carbonyl (C=O) groups is 2. The van der Waals surface area contributed by atoms with E-state index in [1.807, 2.05) is 41.3 Å². The lowest BCUT2D eigenvalue weighted by molar-refractivity contribution is -0.136. The van der Waals surface area contributed by atoms with Crippen molar-refractivity contribution in [1.82, 2.24) is 14.8 Å². The molecule has 2 aliphatic heterocycles. The van der Waals surface area contributed by atoms with Gasteiger partial charge in [0.05, 0.1) is 13.0 Å². The highest BCUT2D eigenvalue weighted by Crippen LogP contribution is 2.24. The lowest BCUT2D eigenvalue weighted by Crippen LogP contribution is -2.50. The molecule has 29 heavy (non-hydrogen) atoms. The lowest BCUT2D eigenvalue weighted by Gasteiger charge is -2.37. The maximum absolute atomic E-state index is 13.0. The number of likely N-dealkylation sites (tertiary alicyclic amines) is 1. The van der Waals surface area contributed by atoms with Gasteiger partial charge in [-0.1, -0.05) is 6.07 Å². The van der Waals surface area contributed by atoms with Gasteiger partial charge in [0.15, 0.2) is 0 Å². The molecule has 0 radical (unpaired) electrons. The van der Waals surface area contributed by atoms with Crippen molar-refractivity contribution in [3.63, 3.8) is 0 Å². The van der Waals surface area contributed by atoms with Crippen LogP contribution in [0.2, 0.25) is 0 Å². The van der Waals surface area contributed by atoms with Crippen molar-refractivity contribution >= 4 is 17.5 Å². The Morgan fingerprint density at radius 1 is 1.14 bits per heavy atom. The van der Waals surface area contributed by atoms with E-state index in [9.17, 15) is 9.59 Å². The van der Waals surface area contributed by atoms with Crippen molar-refractivity contribution in [2.75, 3.05) is 44.7 Å². The Kier molecular flexibility index (Phi) is 5.64. The largest absolute Gasteiger partial charge is 0.497 e. The standard InChI is InChI=1S/C22H26N4O3/c1-29-20-6-4-19(5-7-20)24-9-11-25(12-10-24)22(28)18-13-21(27)26(16-18)15-17-3-2-8-23-14-17/h2-8,14,18H,9-13,15-16H2,1H3. The zero-order chi connectivity index (χ0) is 20.2. The smallest absolute Gasteiger partial charge is 0.228 e. The second kappa shape index (κ2) is 8.51. The van der Waals surface area contributed by atoms with Crippen LogP contribution in [-0.2, 0) is 16.1 Å². The number of pyridine rings is 1. The summed E-state index contributed by atoms with van der Waals surface area (Å²) in [6.07, 6.45) is 3.78. The van der Waals surface area contributed by atoms with Gasteiger partial charge >= 0.3 is 0 Å². The van der Waals surface area contributed by atoms with Crippen molar-refractivity contribution in [3.05, 3.63) is 54.4 Å². The molecule has 0 bridgehead atoms. The summed E-state index contributed by atoms with van der Waals surface area (Å²) < 4.78 is 5.21. The van der Waals surface area contributed by atoms with Crippen LogP contribution in [0.3, 0.4) is 0 Å². The number of aromatic nitrogens is 1. The van der Waals surface area contributed by atoms with Crippen molar-refractivity contribution < 1.29 is 14.3 Å². The van der Waals surface area contributed by atoms with E-state index in [0.29, 0.717) is 32.6 Å². The molecule has 4 rings (SSSR count). The van der Waals surface area contributed by atoms with Gasteiger partial charge in [-0.05, 0) is 35.9 Å². The van der Waals surface area contributed by atoms with Crippen molar-refractivity contribution in [3.8, 4) is 5.75 Å². The van der Waals surface area contributed by atoms with Gasteiger partial charge in [0, 0.05) is 63.8 Å². The second-order valence-corrected chi connectivity index (χ2v) is 7.55. The van der Waals surface area contributed by atoms with Gasteiger partial charge in [-0.25, -0.2) is 0 Å². The topological polar surface area (TPSA) is 66.0 Å². The molecular formula is C22H26N4O3. The highest BCUT2D eigenvalue weighted by molar-refractivity contribution is 5.89. The van der Waals surface area contributed by atoms with Crippen molar-refractivity contribution in [2.45, 2.75) is 13.0 Å². The minimum Gasteiger partial charge on any atom is -0.497 e. The number of piperazine rings is 1. The fourth-order valence-electron chi connectivity index (χ4n) is 4.04. The van der Waals surface area contributed by atoms with E-state index in [4.69, 9.17) is 4.74 Å². The first kappa shape index (κ1) is 19.2. The van der Waals surface area contributed by atoms with Gasteiger partial charge in [0.25, 0.3) is 0 Å². The Morgan fingerprint density at radius 2 is 1.90 bits per heavy atom. The zero-order valence-corrected chi connectivity index (χ0v) is 16.7. The van der Waals surface area contributed by atoms with E-state index >= 15 is 0 Å². The lowest BCUT2D eigenvalue weighted by atomic mass is 10.1. The van der Waals surface area contributed by atoms with E-state index in [2.05, 4.69) is 9.88 Å². The average Bonchev–Trinajstić information content (AvgIpc) is 3.14. The summed E-state index contributed by atoms with van der Waals surface area (Å²) in [6.45, 7) is 3.94. The summed E-state index contributed by atoms with van der Waals surface area (Å²) in [6, 6.07) is 11.8. The quantitative estimate of drug-likeness (QED) is 0.774. The number of ether oxygens (including phenoxy) is 1. The minimum absolute atomic E-state index is 0.0454. The molecule has 1 aromatic carbocycles. The predicted octanol–water partition coefficient (Wildman–Crippen LogP) is 1.79. The number of hydrogen-bond acceptors (Lipinski definition) is 5. The van der Waals surface area contributed by atoms with Gasteiger partial charge in [-0.15, -0.1) is 0 Å². The van der Waals surface area contributed by atoms with Gasteiger partial charge in [-0.2, -0.15) is 0 Å². The summed E-state index contributed by atoms with van der Waals surface area (Å²) >= 11 is 0. The molecule has 2 aliphatic rings. The summed E-state index contributed by atoms with van der Waals surface area (Å²) in [4.78, 5) is 35.4. The molecule has 7 heteroatoms.